The van der Waals surface area contributed by atoms with Crippen LogP contribution in [0.15, 0.2) is 51.8 Å². The number of aromatic nitrogens is 2. The monoisotopic (exact) mass is 390 g/mol. The first kappa shape index (κ1) is 14.8. The molecule has 2 heterocycles. The van der Waals surface area contributed by atoms with Gasteiger partial charge in [-0.1, -0.05) is 60.1 Å². The van der Waals surface area contributed by atoms with Gasteiger partial charge in [-0.2, -0.15) is 0 Å². The zero-order valence-electron chi connectivity index (χ0n) is 13.9. The molecule has 1 aliphatic rings. The fraction of sp³-hybridized carbons (Fsp3) is 0.143. The fourth-order valence-electron chi connectivity index (χ4n) is 3.62. The maximum atomic E-state index is 13.3. The number of halogens is 1. The first-order chi connectivity index (χ1) is 12.0. The molecule has 2 aromatic carbocycles. The normalized spacial score (nSPS) is 16.0. The third-order valence-electron chi connectivity index (χ3n) is 4.94. The molecule has 1 aliphatic carbocycles. The molecule has 0 bridgehead atoms. The summed E-state index contributed by atoms with van der Waals surface area (Å²) in [4.78, 5) is 18.1. The van der Waals surface area contributed by atoms with E-state index in [2.05, 4.69) is 41.9 Å². The molecule has 5 rings (SSSR count). The average Bonchev–Trinajstić information content (AvgIpc) is 2.89. The highest BCUT2D eigenvalue weighted by molar-refractivity contribution is 9.10. The van der Waals surface area contributed by atoms with Crippen LogP contribution in [0.3, 0.4) is 0 Å². The minimum absolute atomic E-state index is 0.0160. The first-order valence-corrected chi connectivity index (χ1v) is 9.03. The van der Waals surface area contributed by atoms with Crippen LogP contribution in [0.4, 0.5) is 0 Å². The molecule has 0 radical (unpaired) electrons. The zero-order valence-corrected chi connectivity index (χ0v) is 15.5. The molecule has 25 heavy (non-hydrogen) atoms. The van der Waals surface area contributed by atoms with Gasteiger partial charge < -0.3 is 0 Å². The Balaban J connectivity index is 2.05. The Bertz CT molecular complexity index is 1290. The van der Waals surface area contributed by atoms with Crippen molar-refractivity contribution in [2.75, 3.05) is 0 Å². The van der Waals surface area contributed by atoms with Crippen LogP contribution in [-0.4, -0.2) is 9.38 Å². The highest BCUT2D eigenvalue weighted by Crippen LogP contribution is 2.34. The third-order valence-corrected chi connectivity index (χ3v) is 5.64. The van der Waals surface area contributed by atoms with Gasteiger partial charge >= 0.3 is 0 Å². The highest BCUT2D eigenvalue weighted by atomic mass is 79.9. The van der Waals surface area contributed by atoms with Gasteiger partial charge in [-0.25, -0.2) is 4.98 Å². The van der Waals surface area contributed by atoms with Gasteiger partial charge in [0.05, 0.1) is 11.4 Å². The number of imidazole rings is 1. The van der Waals surface area contributed by atoms with Gasteiger partial charge in [0.25, 0.3) is 5.56 Å². The molecule has 4 heteroatoms. The smallest absolute Gasteiger partial charge is 0.264 e. The Morgan fingerprint density at radius 3 is 2.60 bits per heavy atom. The standard InChI is InChI=1S/C21H15BrN2O/c1-21(2)10-8-16-17(9-11-21)24-19(23-16)13-5-3-4-12-15(22)7-6-14(18(12)13)20(24)25/h3-11H,1-2H3. The van der Waals surface area contributed by atoms with Gasteiger partial charge in [-0.05, 0) is 29.7 Å². The van der Waals surface area contributed by atoms with Crippen LogP contribution < -0.4 is 5.56 Å². The maximum Gasteiger partial charge on any atom is 0.264 e. The molecule has 2 aromatic heterocycles. The summed E-state index contributed by atoms with van der Waals surface area (Å²) >= 11 is 3.60. The number of hydrogen-bond donors (Lipinski definition) is 0. The van der Waals surface area contributed by atoms with Crippen LogP contribution in [0.2, 0.25) is 0 Å². The lowest BCUT2D eigenvalue weighted by molar-refractivity contribution is 0.633. The second-order valence-corrected chi connectivity index (χ2v) is 8.01. The van der Waals surface area contributed by atoms with Crippen LogP contribution in [0.25, 0.3) is 39.3 Å². The van der Waals surface area contributed by atoms with Crippen LogP contribution in [0, 0.1) is 5.41 Å². The molecule has 0 saturated carbocycles. The summed E-state index contributed by atoms with van der Waals surface area (Å²) in [6, 6.07) is 9.93. The van der Waals surface area contributed by atoms with Crippen molar-refractivity contribution in [2.45, 2.75) is 13.8 Å². The van der Waals surface area contributed by atoms with Crippen molar-refractivity contribution >= 4 is 55.3 Å². The number of allylic oxidation sites excluding steroid dienone is 2. The first-order valence-electron chi connectivity index (χ1n) is 8.24. The predicted molar refractivity (Wildman–Crippen MR) is 107 cm³/mol. The Hall–Kier alpha value is -2.46. The molecule has 3 nitrogen and oxygen atoms in total. The minimum Gasteiger partial charge on any atom is -0.268 e. The predicted octanol–water partition coefficient (Wildman–Crippen LogP) is 5.27. The van der Waals surface area contributed by atoms with Crippen molar-refractivity contribution < 1.29 is 0 Å². The number of hydrogen-bond acceptors (Lipinski definition) is 2. The topological polar surface area (TPSA) is 34.4 Å². The van der Waals surface area contributed by atoms with Crippen molar-refractivity contribution in [1.82, 2.24) is 9.38 Å². The van der Waals surface area contributed by atoms with Gasteiger partial charge in [0.1, 0.15) is 5.65 Å². The largest absolute Gasteiger partial charge is 0.268 e. The summed E-state index contributed by atoms with van der Waals surface area (Å²) in [5, 5.41) is 3.74. The number of nitrogens with zero attached hydrogens (tertiary/aromatic N) is 2. The van der Waals surface area contributed by atoms with E-state index in [1.165, 1.54) is 0 Å². The molecule has 0 aliphatic heterocycles. The number of benzene rings is 2. The molecular weight excluding hydrogens is 376 g/mol. The summed E-state index contributed by atoms with van der Waals surface area (Å²) in [6.07, 6.45) is 8.29. The van der Waals surface area contributed by atoms with Crippen molar-refractivity contribution in [3.63, 3.8) is 0 Å². The van der Waals surface area contributed by atoms with Gasteiger partial charge in [-0.15, -0.1) is 0 Å². The molecule has 0 amide bonds. The Morgan fingerprint density at radius 2 is 1.76 bits per heavy atom. The lowest BCUT2D eigenvalue weighted by atomic mass is 9.93. The Kier molecular flexibility index (Phi) is 2.85. The average molecular weight is 391 g/mol. The molecule has 0 fully saturated rings. The molecular formula is C21H15BrN2O. The summed E-state index contributed by atoms with van der Waals surface area (Å²) in [6.45, 7) is 4.27. The van der Waals surface area contributed by atoms with Crippen molar-refractivity contribution in [1.29, 1.82) is 0 Å². The number of rotatable bonds is 0. The van der Waals surface area contributed by atoms with E-state index < -0.39 is 0 Å². The summed E-state index contributed by atoms with van der Waals surface area (Å²) < 4.78 is 2.74. The number of pyridine rings is 1. The van der Waals surface area contributed by atoms with E-state index >= 15 is 0 Å². The summed E-state index contributed by atoms with van der Waals surface area (Å²) in [5.41, 5.74) is 2.35. The van der Waals surface area contributed by atoms with Crippen molar-refractivity contribution in [2.24, 2.45) is 5.41 Å². The molecule has 0 atom stereocenters. The van der Waals surface area contributed by atoms with Crippen LogP contribution in [-0.2, 0) is 0 Å². The van der Waals surface area contributed by atoms with E-state index in [1.54, 1.807) is 4.40 Å². The van der Waals surface area contributed by atoms with E-state index in [4.69, 9.17) is 4.98 Å². The van der Waals surface area contributed by atoms with E-state index in [0.717, 1.165) is 43.1 Å². The molecule has 4 aromatic rings. The lowest BCUT2D eigenvalue weighted by Crippen LogP contribution is -2.14. The van der Waals surface area contributed by atoms with Gasteiger partial charge in [-0.3, -0.25) is 9.20 Å². The SMILES string of the molecule is CC1(C)C=Cc2nc3c4cccc5c(Br)ccc(c(=O)n3c2C=C1)c54. The van der Waals surface area contributed by atoms with Crippen LogP contribution >= 0.6 is 15.9 Å². The quantitative estimate of drug-likeness (QED) is 0.409. The Labute approximate surface area is 152 Å². The van der Waals surface area contributed by atoms with Gasteiger partial charge in [0.2, 0.25) is 0 Å². The van der Waals surface area contributed by atoms with E-state index in [1.807, 2.05) is 42.5 Å². The molecule has 0 saturated heterocycles. The summed E-state index contributed by atoms with van der Waals surface area (Å²) in [5.74, 6) is 0. The van der Waals surface area contributed by atoms with E-state index in [-0.39, 0.29) is 11.0 Å². The highest BCUT2D eigenvalue weighted by Gasteiger charge is 2.21. The van der Waals surface area contributed by atoms with E-state index in [0.29, 0.717) is 0 Å². The van der Waals surface area contributed by atoms with Crippen molar-refractivity contribution in [3.8, 4) is 0 Å². The second-order valence-electron chi connectivity index (χ2n) is 7.16. The molecule has 0 unspecified atom stereocenters. The Morgan fingerprint density at radius 1 is 1.00 bits per heavy atom. The number of fused-ring (bicyclic) bond motifs is 4. The van der Waals surface area contributed by atoms with Gasteiger partial charge in [0, 0.05) is 26.0 Å². The second kappa shape index (κ2) is 4.79. The molecule has 0 spiro atoms. The van der Waals surface area contributed by atoms with E-state index in [9.17, 15) is 4.79 Å². The minimum atomic E-state index is -0.0539. The van der Waals surface area contributed by atoms with Gasteiger partial charge in [0.15, 0.2) is 0 Å². The van der Waals surface area contributed by atoms with Crippen LogP contribution in [0.5, 0.6) is 0 Å². The lowest BCUT2D eigenvalue weighted by Gasteiger charge is -2.12. The summed E-state index contributed by atoms with van der Waals surface area (Å²) in [7, 11) is 0. The molecule has 0 N–H and O–H groups in total. The zero-order chi connectivity index (χ0) is 17.3. The maximum absolute atomic E-state index is 13.3. The van der Waals surface area contributed by atoms with Crippen LogP contribution in [0.1, 0.15) is 25.2 Å². The third kappa shape index (κ3) is 1.97. The van der Waals surface area contributed by atoms with Crippen molar-refractivity contribution in [3.05, 3.63) is 68.7 Å². The fourth-order valence-corrected chi connectivity index (χ4v) is 4.08. The molecule has 122 valence electrons.